The molecule has 2 N–H and O–H groups in total. The van der Waals surface area contributed by atoms with Crippen molar-refractivity contribution in [2.75, 3.05) is 31.2 Å². The van der Waals surface area contributed by atoms with Gasteiger partial charge in [-0.15, -0.1) is 10.2 Å². The minimum Gasteiger partial charge on any atom is -0.381 e. The summed E-state index contributed by atoms with van der Waals surface area (Å²) in [4.78, 5) is 37.4. The molecule has 12 nitrogen and oxygen atoms in total. The molecule has 12 heteroatoms. The van der Waals surface area contributed by atoms with Gasteiger partial charge in [0.1, 0.15) is 5.52 Å². The molecule has 41 heavy (non-hydrogen) atoms. The van der Waals surface area contributed by atoms with Gasteiger partial charge >= 0.3 is 0 Å². The lowest BCUT2D eigenvalue weighted by Crippen LogP contribution is -2.36. The number of ether oxygens (including phenoxy) is 1. The highest BCUT2D eigenvalue weighted by Crippen LogP contribution is 2.39. The first-order valence-electron chi connectivity index (χ1n) is 14.1. The number of rotatable bonds is 4. The third-order valence-electron chi connectivity index (χ3n) is 8.31. The zero-order valence-electron chi connectivity index (χ0n) is 22.9. The number of nitrogens with zero attached hydrogens (tertiary/aromatic N) is 8. The molecule has 0 unspecified atom stereocenters. The summed E-state index contributed by atoms with van der Waals surface area (Å²) in [7, 11) is 0. The molecule has 210 valence electrons. The maximum absolute atomic E-state index is 12.3. The summed E-state index contributed by atoms with van der Waals surface area (Å²) in [6, 6.07) is 10.0. The molecule has 7 rings (SSSR count). The summed E-state index contributed by atoms with van der Waals surface area (Å²) < 4.78 is 7.86. The van der Waals surface area contributed by atoms with Crippen molar-refractivity contribution in [3.8, 4) is 11.3 Å². The quantitative estimate of drug-likeness (QED) is 0.403. The lowest BCUT2D eigenvalue weighted by Gasteiger charge is -2.32. The number of amides is 2. The predicted octanol–water partition coefficient (Wildman–Crippen LogP) is 2.72. The Bertz CT molecular complexity index is 1680. The third kappa shape index (κ3) is 4.57. The number of pyridine rings is 1. The molecule has 3 aliphatic rings. The Labute approximate surface area is 236 Å². The summed E-state index contributed by atoms with van der Waals surface area (Å²) >= 11 is 0. The first-order chi connectivity index (χ1) is 20.0. The monoisotopic (exact) mass is 553 g/mol. The molecule has 3 aliphatic heterocycles. The molecule has 4 aromatic rings. The van der Waals surface area contributed by atoms with E-state index in [0.717, 1.165) is 85.9 Å². The average molecular weight is 554 g/mol. The van der Waals surface area contributed by atoms with Crippen molar-refractivity contribution < 1.29 is 14.3 Å². The summed E-state index contributed by atoms with van der Waals surface area (Å²) in [5, 5.41) is 13.1. The van der Waals surface area contributed by atoms with E-state index in [-0.39, 0.29) is 11.7 Å². The Morgan fingerprint density at radius 1 is 1.00 bits per heavy atom. The number of nitrogens with two attached hydrogens (primary N) is 1. The molecule has 0 saturated carbocycles. The number of anilines is 2. The number of fused-ring (bicyclic) bond motifs is 3. The Morgan fingerprint density at radius 3 is 2.66 bits per heavy atom. The van der Waals surface area contributed by atoms with E-state index in [1.54, 1.807) is 6.92 Å². The standard InChI is InChI=1S/C29H31N9O3/c1-17(39)36-12-8-25-20(16-36)29(35-38(25)19-9-13-41-14-10-19)37-11-2-3-23-26(37)7-6-21(31-23)18-4-5-22-24(15-18)32-28(27(30)40)34-33-22/h4-7,15,19H,2-3,8-14,16H2,1H3,(H2,30,40). The molecule has 1 aromatic carbocycles. The summed E-state index contributed by atoms with van der Waals surface area (Å²) in [5.74, 6) is 0.185. The van der Waals surface area contributed by atoms with Crippen LogP contribution >= 0.6 is 0 Å². The lowest BCUT2D eigenvalue weighted by molar-refractivity contribution is -0.129. The van der Waals surface area contributed by atoms with Crippen LogP contribution < -0.4 is 10.6 Å². The van der Waals surface area contributed by atoms with Crippen LogP contribution in [0, 0.1) is 0 Å². The molecule has 0 atom stereocenters. The zero-order valence-corrected chi connectivity index (χ0v) is 22.9. The van der Waals surface area contributed by atoms with E-state index in [1.807, 2.05) is 29.2 Å². The number of aromatic nitrogens is 6. The van der Waals surface area contributed by atoms with Crippen molar-refractivity contribution in [2.24, 2.45) is 5.73 Å². The number of carbonyl (C=O) groups excluding carboxylic acids is 2. The molecule has 0 radical (unpaired) electrons. The number of aryl methyl sites for hydroxylation is 1. The second kappa shape index (κ2) is 10.2. The van der Waals surface area contributed by atoms with Gasteiger partial charge in [0.25, 0.3) is 5.91 Å². The number of primary amides is 1. The van der Waals surface area contributed by atoms with Crippen LogP contribution in [-0.2, 0) is 28.9 Å². The highest BCUT2D eigenvalue weighted by Gasteiger charge is 2.33. The molecule has 0 spiro atoms. The molecular formula is C29H31N9O3. The SMILES string of the molecule is CC(=O)N1CCc2c(c(N3CCCc4nc(-c5ccc6nnc(C(N)=O)nc6c5)ccc43)nn2C2CCOCC2)C1. The molecule has 3 aromatic heterocycles. The van der Waals surface area contributed by atoms with E-state index in [4.69, 9.17) is 20.6 Å². The highest BCUT2D eigenvalue weighted by atomic mass is 16.5. The fourth-order valence-electron chi connectivity index (χ4n) is 6.17. The molecule has 0 aliphatic carbocycles. The van der Waals surface area contributed by atoms with Gasteiger partial charge < -0.3 is 20.3 Å². The smallest absolute Gasteiger partial charge is 0.288 e. The van der Waals surface area contributed by atoms with E-state index >= 15 is 0 Å². The van der Waals surface area contributed by atoms with Crippen LogP contribution in [0.1, 0.15) is 59.8 Å². The van der Waals surface area contributed by atoms with Gasteiger partial charge in [-0.1, -0.05) is 6.07 Å². The number of hydrogen-bond acceptors (Lipinski definition) is 9. The van der Waals surface area contributed by atoms with Crippen molar-refractivity contribution in [3.63, 3.8) is 0 Å². The second-order valence-corrected chi connectivity index (χ2v) is 10.8. The fraction of sp³-hybridized carbons (Fsp3) is 0.414. The van der Waals surface area contributed by atoms with E-state index in [1.165, 1.54) is 5.69 Å². The maximum Gasteiger partial charge on any atom is 0.288 e. The predicted molar refractivity (Wildman–Crippen MR) is 151 cm³/mol. The minimum absolute atomic E-state index is 0.0876. The van der Waals surface area contributed by atoms with Crippen LogP contribution in [0.15, 0.2) is 30.3 Å². The highest BCUT2D eigenvalue weighted by molar-refractivity contribution is 5.91. The van der Waals surface area contributed by atoms with Gasteiger partial charge in [0.2, 0.25) is 11.7 Å². The Morgan fingerprint density at radius 2 is 1.85 bits per heavy atom. The number of hydrogen-bond donors (Lipinski definition) is 1. The molecule has 1 fully saturated rings. The molecule has 1 saturated heterocycles. The minimum atomic E-state index is -0.718. The van der Waals surface area contributed by atoms with Crippen molar-refractivity contribution in [3.05, 3.63) is 53.1 Å². The molecule has 6 heterocycles. The van der Waals surface area contributed by atoms with Gasteiger partial charge in [0, 0.05) is 56.5 Å². The largest absolute Gasteiger partial charge is 0.381 e. The van der Waals surface area contributed by atoms with Gasteiger partial charge in [0.15, 0.2) is 5.82 Å². The van der Waals surface area contributed by atoms with Crippen LogP contribution in [0.2, 0.25) is 0 Å². The molecule has 2 amide bonds. The Kier molecular flexibility index (Phi) is 6.34. The normalized spacial score (nSPS) is 17.4. The van der Waals surface area contributed by atoms with Gasteiger partial charge in [-0.2, -0.15) is 5.10 Å². The van der Waals surface area contributed by atoms with E-state index in [0.29, 0.717) is 30.2 Å². The maximum atomic E-state index is 12.3. The number of carbonyl (C=O) groups is 2. The summed E-state index contributed by atoms with van der Waals surface area (Å²) in [6.07, 6.45) is 4.48. The van der Waals surface area contributed by atoms with Gasteiger partial charge in [-0.25, -0.2) is 4.98 Å². The summed E-state index contributed by atoms with van der Waals surface area (Å²) in [5.41, 5.74) is 12.6. The van der Waals surface area contributed by atoms with E-state index in [2.05, 4.69) is 30.8 Å². The van der Waals surface area contributed by atoms with Crippen molar-refractivity contribution in [1.29, 1.82) is 0 Å². The Balaban J connectivity index is 1.27. The third-order valence-corrected chi connectivity index (χ3v) is 8.31. The number of benzene rings is 1. The van der Waals surface area contributed by atoms with Crippen molar-refractivity contribution in [1.82, 2.24) is 34.8 Å². The van der Waals surface area contributed by atoms with Crippen LogP contribution in [0.4, 0.5) is 11.5 Å². The summed E-state index contributed by atoms with van der Waals surface area (Å²) in [6.45, 7) is 5.24. The van der Waals surface area contributed by atoms with Crippen molar-refractivity contribution in [2.45, 2.75) is 51.6 Å². The lowest BCUT2D eigenvalue weighted by atomic mass is 10.0. The van der Waals surface area contributed by atoms with Crippen LogP contribution in [-0.4, -0.2) is 73.0 Å². The molecule has 0 bridgehead atoms. The first kappa shape index (κ1) is 25.5. The fourth-order valence-corrected chi connectivity index (χ4v) is 6.17. The van der Waals surface area contributed by atoms with Gasteiger partial charge in [-0.05, 0) is 49.9 Å². The van der Waals surface area contributed by atoms with E-state index < -0.39 is 5.91 Å². The Hall–Kier alpha value is -4.45. The first-order valence-corrected chi connectivity index (χ1v) is 14.1. The second-order valence-electron chi connectivity index (χ2n) is 10.8. The van der Waals surface area contributed by atoms with Gasteiger partial charge in [0.05, 0.1) is 35.2 Å². The average Bonchev–Trinajstić information content (AvgIpc) is 3.39. The van der Waals surface area contributed by atoms with E-state index in [9.17, 15) is 9.59 Å². The topological polar surface area (TPSA) is 145 Å². The van der Waals surface area contributed by atoms with Gasteiger partial charge in [-0.3, -0.25) is 19.3 Å². The van der Waals surface area contributed by atoms with Crippen molar-refractivity contribution >= 4 is 34.4 Å². The molecular weight excluding hydrogens is 522 g/mol. The zero-order chi connectivity index (χ0) is 28.1. The van der Waals surface area contributed by atoms with Crippen LogP contribution in [0.5, 0.6) is 0 Å². The van der Waals surface area contributed by atoms with Crippen LogP contribution in [0.25, 0.3) is 22.3 Å². The van der Waals surface area contributed by atoms with Crippen LogP contribution in [0.3, 0.4) is 0 Å².